The number of nitrogens with zero attached hydrogens (tertiary/aromatic N) is 3. The van der Waals surface area contributed by atoms with Gasteiger partial charge >= 0.3 is 6.03 Å². The highest BCUT2D eigenvalue weighted by Crippen LogP contribution is 2.42. The first-order valence-electron chi connectivity index (χ1n) is 10.3. The van der Waals surface area contributed by atoms with Crippen LogP contribution in [0, 0.1) is 18.2 Å². The fourth-order valence-corrected chi connectivity index (χ4v) is 4.76. The molecule has 1 aromatic carbocycles. The Balaban J connectivity index is 1.33. The van der Waals surface area contributed by atoms with Crippen molar-refractivity contribution in [2.75, 3.05) is 51.2 Å². The van der Waals surface area contributed by atoms with E-state index in [0.29, 0.717) is 43.9 Å². The minimum absolute atomic E-state index is 0.111. The van der Waals surface area contributed by atoms with Gasteiger partial charge in [-0.1, -0.05) is 12.1 Å². The summed E-state index contributed by atoms with van der Waals surface area (Å²) in [5.41, 5.74) is 1.28. The largest absolute Gasteiger partial charge is 0.392 e. The summed E-state index contributed by atoms with van der Waals surface area (Å²) in [6, 6.07) is 3.24. The van der Waals surface area contributed by atoms with Crippen molar-refractivity contribution in [2.45, 2.75) is 19.4 Å². The molecular weight excluding hydrogens is 390 g/mol. The highest BCUT2D eigenvalue weighted by atomic mass is 19.1. The van der Waals surface area contributed by atoms with Crippen LogP contribution in [0.25, 0.3) is 0 Å². The molecule has 0 aromatic heterocycles. The number of aliphatic hydroxyl groups excluding tert-OH is 1. The van der Waals surface area contributed by atoms with E-state index in [2.05, 4.69) is 10.2 Å². The lowest BCUT2D eigenvalue weighted by molar-refractivity contribution is -0.0885. The second kappa shape index (κ2) is 8.00. The van der Waals surface area contributed by atoms with Crippen molar-refractivity contribution in [1.82, 2.24) is 15.1 Å². The quantitative estimate of drug-likeness (QED) is 0.739. The number of halogens is 2. The van der Waals surface area contributed by atoms with E-state index >= 15 is 0 Å². The Kier molecular flexibility index (Phi) is 5.55. The number of carbonyl (C=O) groups is 1. The molecule has 0 saturated carbocycles. The number of amides is 2. The van der Waals surface area contributed by atoms with Crippen LogP contribution in [0.5, 0.6) is 0 Å². The molecule has 8 heteroatoms. The van der Waals surface area contributed by atoms with Crippen LogP contribution < -0.4 is 10.2 Å². The van der Waals surface area contributed by atoms with Gasteiger partial charge < -0.3 is 15.3 Å². The van der Waals surface area contributed by atoms with Gasteiger partial charge in [0.25, 0.3) is 0 Å². The summed E-state index contributed by atoms with van der Waals surface area (Å²) in [4.78, 5) is 18.6. The first-order valence-corrected chi connectivity index (χ1v) is 10.3. The van der Waals surface area contributed by atoms with Gasteiger partial charge in [-0.25, -0.2) is 13.6 Å². The highest BCUT2D eigenvalue weighted by molar-refractivity contribution is 5.94. The molecule has 0 radical (unpaired) electrons. The summed E-state index contributed by atoms with van der Waals surface area (Å²) in [7, 11) is 1.65. The van der Waals surface area contributed by atoms with Crippen LogP contribution in [0.15, 0.2) is 36.3 Å². The summed E-state index contributed by atoms with van der Waals surface area (Å²) in [6.07, 6.45) is 3.99. The number of urea groups is 1. The summed E-state index contributed by atoms with van der Waals surface area (Å²) >= 11 is 0. The Labute approximate surface area is 175 Å². The van der Waals surface area contributed by atoms with Crippen molar-refractivity contribution >= 4 is 11.7 Å². The van der Waals surface area contributed by atoms with E-state index in [1.165, 1.54) is 12.3 Å². The number of anilines is 1. The highest BCUT2D eigenvalue weighted by Gasteiger charge is 2.53. The molecular formula is C22H28F2N4O2. The number of hydrogen-bond donors (Lipinski definition) is 2. The number of aliphatic hydroxyl groups is 1. The average molecular weight is 418 g/mol. The number of hydrogen-bond acceptors (Lipinski definition) is 4. The van der Waals surface area contributed by atoms with E-state index < -0.39 is 11.9 Å². The minimum Gasteiger partial charge on any atom is -0.392 e. The van der Waals surface area contributed by atoms with Crippen LogP contribution in [-0.4, -0.2) is 67.3 Å². The lowest BCUT2D eigenvalue weighted by Gasteiger charge is -2.60. The van der Waals surface area contributed by atoms with Crippen molar-refractivity contribution in [3.8, 4) is 0 Å². The molecule has 3 aliphatic rings. The van der Waals surface area contributed by atoms with Gasteiger partial charge in [0.2, 0.25) is 0 Å². The molecule has 162 valence electrons. The van der Waals surface area contributed by atoms with Gasteiger partial charge in [0.1, 0.15) is 11.6 Å². The molecule has 1 spiro atoms. The summed E-state index contributed by atoms with van der Waals surface area (Å²) in [5.74, 6) is -0.743. The molecule has 1 atom stereocenters. The van der Waals surface area contributed by atoms with Crippen molar-refractivity contribution in [2.24, 2.45) is 5.41 Å². The van der Waals surface area contributed by atoms with Gasteiger partial charge in [0, 0.05) is 63.5 Å². The Bertz CT molecular complexity index is 887. The predicted molar refractivity (Wildman–Crippen MR) is 111 cm³/mol. The van der Waals surface area contributed by atoms with E-state index in [0.717, 1.165) is 13.1 Å². The van der Waals surface area contributed by atoms with Crippen molar-refractivity contribution in [1.29, 1.82) is 0 Å². The van der Waals surface area contributed by atoms with Gasteiger partial charge in [-0.15, -0.1) is 0 Å². The van der Waals surface area contributed by atoms with Crippen LogP contribution in [0.1, 0.15) is 23.7 Å². The number of allylic oxidation sites excluding steroid dienone is 2. The number of likely N-dealkylation sites (tertiary alicyclic amines) is 2. The molecule has 0 bridgehead atoms. The van der Waals surface area contributed by atoms with Gasteiger partial charge in [-0.05, 0) is 31.1 Å². The lowest BCUT2D eigenvalue weighted by atomic mass is 9.73. The van der Waals surface area contributed by atoms with E-state index in [4.69, 9.17) is 0 Å². The first kappa shape index (κ1) is 20.8. The Morgan fingerprint density at radius 2 is 2.07 bits per heavy atom. The predicted octanol–water partition coefficient (Wildman–Crippen LogP) is 2.70. The molecule has 2 fully saturated rings. The molecule has 6 nitrogen and oxygen atoms in total. The zero-order valence-electron chi connectivity index (χ0n) is 17.4. The van der Waals surface area contributed by atoms with Crippen LogP contribution >= 0.6 is 0 Å². The number of benzene rings is 1. The fourth-order valence-electron chi connectivity index (χ4n) is 4.76. The average Bonchev–Trinajstić information content (AvgIpc) is 2.64. The maximum atomic E-state index is 14.5. The fraction of sp³-hybridized carbons (Fsp3) is 0.500. The Morgan fingerprint density at radius 1 is 1.33 bits per heavy atom. The number of nitrogens with one attached hydrogen (secondary N) is 1. The molecule has 3 heterocycles. The van der Waals surface area contributed by atoms with Crippen molar-refractivity contribution in [3.63, 3.8) is 0 Å². The monoisotopic (exact) mass is 418 g/mol. The third-order valence-corrected chi connectivity index (χ3v) is 6.19. The maximum Gasteiger partial charge on any atom is 0.324 e. The standard InChI is InChI=1S/C22H28F2N4O2/c1-15-5-6-17-19(20(15)24)18(29)7-9-28(17)21(30)27-13-22(14-27)11-26(12-22)8-3-4-16(23)10-25-2/h3-6,10,18,25,29H,7-9,11-14H2,1-2H3/b4-3-,16-10+. The van der Waals surface area contributed by atoms with Gasteiger partial charge in [-0.2, -0.15) is 0 Å². The van der Waals surface area contributed by atoms with E-state index in [9.17, 15) is 18.7 Å². The molecule has 30 heavy (non-hydrogen) atoms. The topological polar surface area (TPSA) is 59.0 Å². The van der Waals surface area contributed by atoms with Crippen molar-refractivity contribution in [3.05, 3.63) is 53.3 Å². The molecule has 1 unspecified atom stereocenters. The van der Waals surface area contributed by atoms with E-state index in [-0.39, 0.29) is 22.8 Å². The van der Waals surface area contributed by atoms with Gasteiger partial charge in [0.15, 0.2) is 0 Å². The van der Waals surface area contributed by atoms with Crippen molar-refractivity contribution < 1.29 is 18.7 Å². The Hall–Kier alpha value is -2.45. The minimum atomic E-state index is -0.882. The third kappa shape index (κ3) is 3.70. The smallest absolute Gasteiger partial charge is 0.324 e. The molecule has 2 amide bonds. The van der Waals surface area contributed by atoms with Crippen LogP contribution in [0.2, 0.25) is 0 Å². The summed E-state index contributed by atoms with van der Waals surface area (Å²) in [6.45, 7) is 5.80. The third-order valence-electron chi connectivity index (χ3n) is 6.19. The lowest BCUT2D eigenvalue weighted by Crippen LogP contribution is -2.73. The second-order valence-corrected chi connectivity index (χ2v) is 8.61. The second-order valence-electron chi connectivity index (χ2n) is 8.61. The zero-order valence-corrected chi connectivity index (χ0v) is 17.4. The number of aryl methyl sites for hydroxylation is 1. The molecule has 2 saturated heterocycles. The van der Waals surface area contributed by atoms with E-state index in [1.54, 1.807) is 42.0 Å². The summed E-state index contributed by atoms with van der Waals surface area (Å²) < 4.78 is 27.8. The van der Waals surface area contributed by atoms with Crippen LogP contribution in [-0.2, 0) is 0 Å². The van der Waals surface area contributed by atoms with Gasteiger partial charge in [0.05, 0.1) is 11.8 Å². The molecule has 3 aliphatic heterocycles. The maximum absolute atomic E-state index is 14.5. The molecule has 2 N–H and O–H groups in total. The summed E-state index contributed by atoms with van der Waals surface area (Å²) in [5, 5.41) is 12.9. The normalized spacial score (nSPS) is 23.4. The Morgan fingerprint density at radius 3 is 2.77 bits per heavy atom. The zero-order chi connectivity index (χ0) is 21.5. The van der Waals surface area contributed by atoms with Gasteiger partial charge in [-0.3, -0.25) is 9.80 Å². The SMILES string of the molecule is CN/C=C(F)\C=C/CN1CC2(C1)CN(C(=O)N1CCC(O)c3c1ccc(C)c3F)C2. The molecule has 4 rings (SSSR count). The van der Waals surface area contributed by atoms with Crippen LogP contribution in [0.4, 0.5) is 19.3 Å². The molecule has 1 aromatic rings. The number of rotatable bonds is 4. The number of carbonyl (C=O) groups excluding carboxylic acids is 1. The number of fused-ring (bicyclic) bond motifs is 1. The first-order chi connectivity index (χ1) is 14.3. The van der Waals surface area contributed by atoms with Crippen LogP contribution in [0.3, 0.4) is 0 Å². The molecule has 0 aliphatic carbocycles. The van der Waals surface area contributed by atoms with E-state index in [1.807, 2.05) is 0 Å².